The van der Waals surface area contributed by atoms with Crippen molar-refractivity contribution < 1.29 is 13.9 Å². The number of nitrogens with zero attached hydrogens (tertiary/aromatic N) is 7. The number of para-hydroxylation sites is 1. The van der Waals surface area contributed by atoms with Gasteiger partial charge in [-0.15, -0.1) is 10.2 Å². The maximum atomic E-state index is 12.5. The number of hydrogen-bond donors (Lipinski definition) is 2. The number of methoxy groups -OCH3 is 1. The maximum absolute atomic E-state index is 12.5. The van der Waals surface area contributed by atoms with Crippen LogP contribution in [0.1, 0.15) is 5.89 Å². The van der Waals surface area contributed by atoms with Crippen LogP contribution in [0.5, 0.6) is 5.75 Å². The normalized spacial score (nSPS) is 18.9. The van der Waals surface area contributed by atoms with E-state index in [-0.39, 0.29) is 5.91 Å². The zero-order valence-electron chi connectivity index (χ0n) is 25.9. The van der Waals surface area contributed by atoms with Gasteiger partial charge < -0.3 is 34.2 Å². The molecular weight excluding hydrogens is 570 g/mol. The summed E-state index contributed by atoms with van der Waals surface area (Å²) >= 11 is 0. The van der Waals surface area contributed by atoms with Gasteiger partial charge in [0.2, 0.25) is 17.7 Å². The second-order valence-corrected chi connectivity index (χ2v) is 11.8. The Morgan fingerprint density at radius 2 is 1.91 bits per heavy atom. The monoisotopic (exact) mass is 605 g/mol. The van der Waals surface area contributed by atoms with Crippen LogP contribution in [0.3, 0.4) is 0 Å². The molecule has 1 aliphatic heterocycles. The fourth-order valence-electron chi connectivity index (χ4n) is 6.71. The van der Waals surface area contributed by atoms with Gasteiger partial charge in [0.05, 0.1) is 35.4 Å². The first-order chi connectivity index (χ1) is 21.7. The number of hydrogen-bond acceptors (Lipinski definition) is 10. The van der Waals surface area contributed by atoms with Crippen LogP contribution >= 0.6 is 0 Å². The van der Waals surface area contributed by atoms with E-state index in [4.69, 9.17) is 14.1 Å². The standard InChI is InChI=1S/C33H35N9O3/c1-7-29(43)35-24-12-25(28(44-6)13-27(24)42(5)31-22-15-40(3)16-23(22)31)36-33-34-14-20(32-39-38-18(2)45-32)30(37-33)21-17-41(4)26-11-9-8-10-19(21)26/h7-14,17,22-23,31H,1,15-16H2,2-6H3,(H,35,43)(H,34,36,37)/t22-,23?,31?/m0/s1. The Hall–Kier alpha value is -5.23. The molecule has 2 fully saturated rings. The molecule has 0 spiro atoms. The molecule has 4 heterocycles. The van der Waals surface area contributed by atoms with Gasteiger partial charge in [-0.2, -0.15) is 0 Å². The third kappa shape index (κ3) is 5.06. The average Bonchev–Trinajstić information content (AvgIpc) is 3.34. The molecule has 12 nitrogen and oxygen atoms in total. The first kappa shape index (κ1) is 28.5. The molecule has 230 valence electrons. The lowest BCUT2D eigenvalue weighted by atomic mass is 10.1. The quantitative estimate of drug-likeness (QED) is 0.225. The largest absolute Gasteiger partial charge is 0.494 e. The van der Waals surface area contributed by atoms with Crippen molar-refractivity contribution in [1.82, 2.24) is 29.6 Å². The molecule has 12 heteroatoms. The van der Waals surface area contributed by atoms with Crippen LogP contribution in [0.2, 0.25) is 0 Å². The second kappa shape index (κ2) is 11.0. The highest BCUT2D eigenvalue weighted by Crippen LogP contribution is 2.51. The highest BCUT2D eigenvalue weighted by atomic mass is 16.5. The minimum absolute atomic E-state index is 0.301. The Kier molecular flexibility index (Phi) is 7.00. The second-order valence-electron chi connectivity index (χ2n) is 11.8. The molecule has 0 radical (unpaired) electrons. The highest BCUT2D eigenvalue weighted by Gasteiger charge is 2.57. The lowest BCUT2D eigenvalue weighted by Gasteiger charge is -2.27. The Labute approximate surface area is 260 Å². The van der Waals surface area contributed by atoms with Gasteiger partial charge in [-0.05, 0) is 37.1 Å². The predicted molar refractivity (Wildman–Crippen MR) is 174 cm³/mol. The van der Waals surface area contributed by atoms with E-state index in [1.165, 1.54) is 6.08 Å². The predicted octanol–water partition coefficient (Wildman–Crippen LogP) is 4.87. The van der Waals surface area contributed by atoms with Crippen molar-refractivity contribution in [2.45, 2.75) is 13.0 Å². The highest BCUT2D eigenvalue weighted by molar-refractivity contribution is 6.02. The van der Waals surface area contributed by atoms with E-state index < -0.39 is 0 Å². The number of carbonyl (C=O) groups is 1. The summed E-state index contributed by atoms with van der Waals surface area (Å²) in [5.74, 6) is 2.60. The van der Waals surface area contributed by atoms with E-state index >= 15 is 0 Å². The number of piperidine rings is 1. The van der Waals surface area contributed by atoms with E-state index in [0.29, 0.717) is 64.0 Å². The average molecular weight is 606 g/mol. The minimum Gasteiger partial charge on any atom is -0.494 e. The molecule has 0 bridgehead atoms. The number of ether oxygens (including phenoxy) is 1. The fraction of sp³-hybridized carbons (Fsp3) is 0.303. The van der Waals surface area contributed by atoms with Gasteiger partial charge in [0.25, 0.3) is 5.89 Å². The Morgan fingerprint density at radius 3 is 2.62 bits per heavy atom. The van der Waals surface area contributed by atoms with Crippen LogP contribution in [0.15, 0.2) is 65.9 Å². The first-order valence-corrected chi connectivity index (χ1v) is 14.8. The van der Waals surface area contributed by atoms with Crippen LogP contribution in [0.25, 0.3) is 33.6 Å². The number of aryl methyl sites for hydroxylation is 2. The van der Waals surface area contributed by atoms with Crippen molar-refractivity contribution in [1.29, 1.82) is 0 Å². The number of likely N-dealkylation sites (tertiary alicyclic amines) is 1. The van der Waals surface area contributed by atoms with Gasteiger partial charge in [-0.3, -0.25) is 4.79 Å². The summed E-state index contributed by atoms with van der Waals surface area (Å²) in [5.41, 5.74) is 5.30. The van der Waals surface area contributed by atoms with E-state index in [0.717, 1.165) is 35.2 Å². The molecule has 2 unspecified atom stereocenters. The van der Waals surface area contributed by atoms with Crippen molar-refractivity contribution in [3.63, 3.8) is 0 Å². The summed E-state index contributed by atoms with van der Waals surface area (Å²) in [7, 11) is 7.85. The van der Waals surface area contributed by atoms with Gasteiger partial charge in [0.15, 0.2) is 0 Å². The molecule has 1 saturated heterocycles. The lowest BCUT2D eigenvalue weighted by Crippen LogP contribution is -2.31. The van der Waals surface area contributed by atoms with Crippen molar-refractivity contribution in [2.75, 3.05) is 49.8 Å². The van der Waals surface area contributed by atoms with Crippen molar-refractivity contribution in [2.24, 2.45) is 18.9 Å². The number of amides is 1. The summed E-state index contributed by atoms with van der Waals surface area (Å²) in [6.45, 7) is 7.53. The van der Waals surface area contributed by atoms with Crippen molar-refractivity contribution in [3.05, 3.63) is 67.3 Å². The molecule has 1 amide bonds. The number of benzene rings is 2. The number of nitrogens with one attached hydrogen (secondary N) is 2. The first-order valence-electron chi connectivity index (χ1n) is 14.8. The number of aromatic nitrogens is 5. The molecule has 45 heavy (non-hydrogen) atoms. The van der Waals surface area contributed by atoms with E-state index in [1.54, 1.807) is 20.2 Å². The Morgan fingerprint density at radius 1 is 1.13 bits per heavy atom. The molecule has 2 aliphatic rings. The van der Waals surface area contributed by atoms with Crippen LogP contribution in [0, 0.1) is 18.8 Å². The fourth-order valence-corrected chi connectivity index (χ4v) is 6.71. The molecule has 2 aromatic carbocycles. The summed E-state index contributed by atoms with van der Waals surface area (Å²) in [6, 6.07) is 12.3. The van der Waals surface area contributed by atoms with Gasteiger partial charge in [-0.1, -0.05) is 24.8 Å². The van der Waals surface area contributed by atoms with Crippen LogP contribution in [0.4, 0.5) is 23.0 Å². The molecule has 2 N–H and O–H groups in total. The molecule has 7 rings (SSSR count). The SMILES string of the molecule is C=CC(=O)Nc1cc(Nc2ncc(-c3nnc(C)o3)c(-c3cn(C)c4ccccc34)n2)c(OC)cc1N(C)C1C2CN(C)C[C@@H]21. The molecule has 3 aromatic heterocycles. The van der Waals surface area contributed by atoms with Gasteiger partial charge >= 0.3 is 0 Å². The van der Waals surface area contributed by atoms with Crippen LogP contribution < -0.4 is 20.3 Å². The third-order valence-electron chi connectivity index (χ3n) is 8.86. The lowest BCUT2D eigenvalue weighted by molar-refractivity contribution is -0.111. The zero-order chi connectivity index (χ0) is 31.4. The zero-order valence-corrected chi connectivity index (χ0v) is 25.9. The Bertz CT molecular complexity index is 1940. The van der Waals surface area contributed by atoms with E-state index in [2.05, 4.69) is 73.0 Å². The summed E-state index contributed by atoms with van der Waals surface area (Å²) in [4.78, 5) is 26.8. The Balaban J connectivity index is 1.30. The third-order valence-corrected chi connectivity index (χ3v) is 8.86. The topological polar surface area (TPSA) is 126 Å². The molecular formula is C33H35N9O3. The van der Waals surface area contributed by atoms with Crippen LogP contribution in [-0.2, 0) is 11.8 Å². The molecule has 1 aliphatic carbocycles. The number of fused-ring (bicyclic) bond motifs is 2. The summed E-state index contributed by atoms with van der Waals surface area (Å²) in [6.07, 6.45) is 4.97. The summed E-state index contributed by atoms with van der Waals surface area (Å²) < 4.78 is 13.7. The van der Waals surface area contributed by atoms with E-state index in [9.17, 15) is 4.79 Å². The molecule has 3 atom stereocenters. The minimum atomic E-state index is -0.301. The summed E-state index contributed by atoms with van der Waals surface area (Å²) in [5, 5.41) is 15.6. The van der Waals surface area contributed by atoms with Gasteiger partial charge in [0.1, 0.15) is 5.75 Å². The van der Waals surface area contributed by atoms with Gasteiger partial charge in [0, 0.05) is 75.1 Å². The van der Waals surface area contributed by atoms with Crippen molar-refractivity contribution in [3.8, 4) is 28.5 Å². The van der Waals surface area contributed by atoms with Crippen molar-refractivity contribution >= 4 is 39.8 Å². The number of rotatable bonds is 9. The van der Waals surface area contributed by atoms with E-state index in [1.807, 2.05) is 37.5 Å². The number of carbonyl (C=O) groups excluding carboxylic acids is 1. The molecule has 1 saturated carbocycles. The smallest absolute Gasteiger partial charge is 0.251 e. The van der Waals surface area contributed by atoms with Gasteiger partial charge in [-0.25, -0.2) is 9.97 Å². The number of anilines is 4. The van der Waals surface area contributed by atoms with Crippen LogP contribution in [-0.4, -0.2) is 75.9 Å². The molecule has 5 aromatic rings. The maximum Gasteiger partial charge on any atom is 0.251 e.